The van der Waals surface area contributed by atoms with Gasteiger partial charge in [-0.3, -0.25) is 9.59 Å². The van der Waals surface area contributed by atoms with Crippen molar-refractivity contribution < 1.29 is 14.0 Å². The minimum absolute atomic E-state index is 0.000422. The fourth-order valence-electron chi connectivity index (χ4n) is 1.74. The third-order valence-electron chi connectivity index (χ3n) is 2.61. The molecule has 0 saturated carbocycles. The predicted molar refractivity (Wildman–Crippen MR) is 76.8 cm³/mol. The van der Waals surface area contributed by atoms with E-state index in [9.17, 15) is 14.0 Å². The third-order valence-corrected chi connectivity index (χ3v) is 2.61. The highest BCUT2D eigenvalue weighted by Crippen LogP contribution is 2.20. The molecule has 0 aliphatic heterocycles. The summed E-state index contributed by atoms with van der Waals surface area (Å²) in [6, 6.07) is 3.25. The number of nitrogens with one attached hydrogen (secondary N) is 2. The molecule has 20 heavy (non-hydrogen) atoms. The molecule has 0 bridgehead atoms. The van der Waals surface area contributed by atoms with E-state index in [1.807, 2.05) is 13.8 Å². The van der Waals surface area contributed by atoms with Gasteiger partial charge in [-0.25, -0.2) is 4.39 Å². The maximum Gasteiger partial charge on any atom is 0.241 e. The zero-order valence-corrected chi connectivity index (χ0v) is 11.9. The van der Waals surface area contributed by atoms with Crippen molar-refractivity contribution >= 4 is 23.2 Å². The molecule has 0 unspecified atom stereocenters. The van der Waals surface area contributed by atoms with Crippen LogP contribution in [-0.4, -0.2) is 17.9 Å². The number of anilines is 2. The van der Waals surface area contributed by atoms with Crippen LogP contribution in [0.4, 0.5) is 15.8 Å². The standard InChI is InChI=1S/C14H20FN3O2/c1-8(2)6-12(16)14(20)18-13-7-10(17-9(3)19)4-5-11(13)15/h4-5,7-8,12H,6,16H2,1-3H3,(H,17,19)(H,18,20)/t12-/m1/s1. The number of carbonyl (C=O) groups excluding carboxylic acids is 2. The highest BCUT2D eigenvalue weighted by atomic mass is 19.1. The lowest BCUT2D eigenvalue weighted by Gasteiger charge is -2.15. The molecule has 0 aliphatic carbocycles. The first kappa shape index (κ1) is 16.1. The minimum Gasteiger partial charge on any atom is -0.326 e. The Morgan fingerprint density at radius 2 is 1.95 bits per heavy atom. The van der Waals surface area contributed by atoms with E-state index in [1.54, 1.807) is 0 Å². The molecule has 4 N–H and O–H groups in total. The summed E-state index contributed by atoms with van der Waals surface area (Å²) in [7, 11) is 0. The normalized spacial score (nSPS) is 12.1. The number of hydrogen-bond acceptors (Lipinski definition) is 3. The summed E-state index contributed by atoms with van der Waals surface area (Å²) in [5.41, 5.74) is 6.14. The summed E-state index contributed by atoms with van der Waals surface area (Å²) in [5, 5.41) is 4.96. The van der Waals surface area contributed by atoms with Crippen LogP contribution in [0.5, 0.6) is 0 Å². The summed E-state index contributed by atoms with van der Waals surface area (Å²) in [6.45, 7) is 5.25. The molecule has 0 aromatic heterocycles. The van der Waals surface area contributed by atoms with Crippen molar-refractivity contribution in [1.82, 2.24) is 0 Å². The van der Waals surface area contributed by atoms with Gasteiger partial charge in [0.15, 0.2) is 0 Å². The van der Waals surface area contributed by atoms with Crippen molar-refractivity contribution in [3.8, 4) is 0 Å². The molecule has 0 saturated heterocycles. The molecular formula is C14H20FN3O2. The largest absolute Gasteiger partial charge is 0.326 e. The average molecular weight is 281 g/mol. The summed E-state index contributed by atoms with van der Waals surface area (Å²) in [5.74, 6) is -1.03. The first-order chi connectivity index (χ1) is 9.29. The van der Waals surface area contributed by atoms with Gasteiger partial charge >= 0.3 is 0 Å². The molecule has 0 radical (unpaired) electrons. The van der Waals surface area contributed by atoms with Crippen molar-refractivity contribution in [2.45, 2.75) is 33.2 Å². The van der Waals surface area contributed by atoms with Crippen LogP contribution in [0, 0.1) is 11.7 Å². The quantitative estimate of drug-likeness (QED) is 0.772. The van der Waals surface area contributed by atoms with Gasteiger partial charge in [0, 0.05) is 12.6 Å². The maximum atomic E-state index is 13.6. The highest BCUT2D eigenvalue weighted by Gasteiger charge is 2.16. The van der Waals surface area contributed by atoms with E-state index < -0.39 is 17.8 Å². The predicted octanol–water partition coefficient (Wildman–Crippen LogP) is 2.10. The Hall–Kier alpha value is -1.95. The molecule has 1 aromatic carbocycles. The van der Waals surface area contributed by atoms with Crippen LogP contribution in [-0.2, 0) is 9.59 Å². The molecule has 1 atom stereocenters. The Labute approximate surface area is 117 Å². The monoisotopic (exact) mass is 281 g/mol. The average Bonchev–Trinajstić information content (AvgIpc) is 2.31. The fourth-order valence-corrected chi connectivity index (χ4v) is 1.74. The molecule has 6 heteroatoms. The minimum atomic E-state index is -0.696. The first-order valence-corrected chi connectivity index (χ1v) is 6.43. The van der Waals surface area contributed by atoms with Gasteiger partial charge in [0.2, 0.25) is 11.8 Å². The summed E-state index contributed by atoms with van der Waals surface area (Å²) < 4.78 is 13.6. The number of carbonyl (C=O) groups is 2. The number of halogens is 1. The molecule has 5 nitrogen and oxygen atoms in total. The second-order valence-corrected chi connectivity index (χ2v) is 5.10. The lowest BCUT2D eigenvalue weighted by molar-refractivity contribution is -0.117. The van der Waals surface area contributed by atoms with E-state index in [0.29, 0.717) is 12.1 Å². The van der Waals surface area contributed by atoms with Crippen molar-refractivity contribution in [1.29, 1.82) is 0 Å². The van der Waals surface area contributed by atoms with E-state index >= 15 is 0 Å². The van der Waals surface area contributed by atoms with Gasteiger partial charge in [-0.2, -0.15) is 0 Å². The molecule has 1 rings (SSSR count). The van der Waals surface area contributed by atoms with Crippen LogP contribution in [0.15, 0.2) is 18.2 Å². The van der Waals surface area contributed by atoms with E-state index in [2.05, 4.69) is 10.6 Å². The van der Waals surface area contributed by atoms with E-state index in [4.69, 9.17) is 5.73 Å². The number of benzene rings is 1. The second-order valence-electron chi connectivity index (χ2n) is 5.10. The summed E-state index contributed by atoms with van der Waals surface area (Å²) in [4.78, 5) is 22.8. The highest BCUT2D eigenvalue weighted by molar-refractivity contribution is 5.96. The molecule has 0 fully saturated rings. The van der Waals surface area contributed by atoms with Gasteiger partial charge in [-0.05, 0) is 30.5 Å². The van der Waals surface area contributed by atoms with Gasteiger partial charge in [0.25, 0.3) is 0 Å². The molecular weight excluding hydrogens is 261 g/mol. The molecule has 0 heterocycles. The number of hydrogen-bond donors (Lipinski definition) is 3. The Morgan fingerprint density at radius 3 is 2.50 bits per heavy atom. The van der Waals surface area contributed by atoms with Crippen molar-refractivity contribution in [3.63, 3.8) is 0 Å². The van der Waals surface area contributed by atoms with Gasteiger partial charge in [0.1, 0.15) is 5.82 Å². The summed E-state index contributed by atoms with van der Waals surface area (Å²) in [6.07, 6.45) is 0.513. The maximum absolute atomic E-state index is 13.6. The van der Waals surface area contributed by atoms with E-state index in [-0.39, 0.29) is 17.5 Å². The fraction of sp³-hybridized carbons (Fsp3) is 0.429. The van der Waals surface area contributed by atoms with Crippen LogP contribution < -0.4 is 16.4 Å². The van der Waals surface area contributed by atoms with Gasteiger partial charge < -0.3 is 16.4 Å². The Bertz CT molecular complexity index is 503. The van der Waals surface area contributed by atoms with E-state index in [0.717, 1.165) is 0 Å². The molecule has 2 amide bonds. The first-order valence-electron chi connectivity index (χ1n) is 6.43. The second kappa shape index (κ2) is 7.00. The van der Waals surface area contributed by atoms with Crippen LogP contribution in [0.25, 0.3) is 0 Å². The van der Waals surface area contributed by atoms with E-state index in [1.165, 1.54) is 25.1 Å². The molecule has 110 valence electrons. The van der Waals surface area contributed by atoms with Crippen LogP contribution >= 0.6 is 0 Å². The van der Waals surface area contributed by atoms with Gasteiger partial charge in [0.05, 0.1) is 11.7 Å². The number of rotatable bonds is 5. The van der Waals surface area contributed by atoms with Gasteiger partial charge in [-0.15, -0.1) is 0 Å². The molecule has 1 aromatic rings. The zero-order valence-electron chi connectivity index (χ0n) is 11.9. The summed E-state index contributed by atoms with van der Waals surface area (Å²) >= 11 is 0. The van der Waals surface area contributed by atoms with Crippen LogP contribution in [0.2, 0.25) is 0 Å². The Morgan fingerprint density at radius 1 is 1.30 bits per heavy atom. The van der Waals surface area contributed by atoms with Crippen LogP contribution in [0.1, 0.15) is 27.2 Å². The number of nitrogens with two attached hydrogens (primary N) is 1. The lowest BCUT2D eigenvalue weighted by atomic mass is 10.0. The lowest BCUT2D eigenvalue weighted by Crippen LogP contribution is -2.36. The third kappa shape index (κ3) is 4.97. The SMILES string of the molecule is CC(=O)Nc1ccc(F)c(NC(=O)[C@H](N)CC(C)C)c1. The molecule has 0 aliphatic rings. The Kier molecular flexibility index (Phi) is 5.64. The van der Waals surface area contributed by atoms with Crippen molar-refractivity contribution in [2.24, 2.45) is 11.7 Å². The van der Waals surface area contributed by atoms with Crippen molar-refractivity contribution in [3.05, 3.63) is 24.0 Å². The topological polar surface area (TPSA) is 84.2 Å². The zero-order chi connectivity index (χ0) is 15.3. The Balaban J connectivity index is 2.80. The van der Waals surface area contributed by atoms with Crippen molar-refractivity contribution in [2.75, 3.05) is 10.6 Å². The molecule has 0 spiro atoms. The smallest absolute Gasteiger partial charge is 0.241 e. The van der Waals surface area contributed by atoms with Crippen LogP contribution in [0.3, 0.4) is 0 Å². The number of amides is 2. The van der Waals surface area contributed by atoms with Gasteiger partial charge in [-0.1, -0.05) is 13.8 Å².